The highest BCUT2D eigenvalue weighted by atomic mass is 35.5. The van der Waals surface area contributed by atoms with E-state index in [2.05, 4.69) is 94.6 Å². The fourth-order valence-corrected chi connectivity index (χ4v) is 13.0. The van der Waals surface area contributed by atoms with Crippen LogP contribution in [0.3, 0.4) is 0 Å². The second kappa shape index (κ2) is 23.2. The largest absolute Gasteiger partial charge is 0.462 e. The molecule has 0 saturated carbocycles. The standard InChI is InChI=1S/C30H40O4Si.C14H22O4.CH2Cl2/c1-23-22-25(33-28(23)19-17-24-18-20-29(31)34-24)12-11-21-32-35(30(2,3)4,26-13-7-5-8-14-26)27-15-9-6-10-16-27;1-10-9-12(3-2-8-15)17-13(10)6-4-11-5-7-14(16)18-11;2-1-3/h5-10,13-16,24-25,28H,1,11-12,17-22H2,2-4H3;11-13,15H,1-9H2;1H2. The Hall–Kier alpha value is -2.50. The van der Waals surface area contributed by atoms with Crippen molar-refractivity contribution in [3.05, 3.63) is 85.0 Å². The zero-order valence-corrected chi connectivity index (χ0v) is 36.2. The number of halogens is 2. The average molecular weight is 832 g/mol. The van der Waals surface area contributed by atoms with E-state index in [9.17, 15) is 9.59 Å². The summed E-state index contributed by atoms with van der Waals surface area (Å²) in [5.74, 6) is -0.146. The summed E-state index contributed by atoms with van der Waals surface area (Å²) in [4.78, 5) is 22.3. The SMILES string of the molecule is C=C1CC(CCCO)OC1CCC1CCC(=O)O1.C=C1CC(CCCO[Si](c2ccccc2)(c2ccccc2)C(C)(C)C)OC1CCC1CCC(=O)O1.ClCCl. The number of aliphatic hydroxyl groups is 1. The second-order valence-electron chi connectivity index (χ2n) is 16.3. The van der Waals surface area contributed by atoms with Crippen molar-refractivity contribution >= 4 is 53.8 Å². The quantitative estimate of drug-likeness (QED) is 0.0589. The van der Waals surface area contributed by atoms with Crippen LogP contribution < -0.4 is 10.4 Å². The molecule has 0 bridgehead atoms. The van der Waals surface area contributed by atoms with Crippen LogP contribution in [0.2, 0.25) is 5.04 Å². The molecule has 0 aliphatic carbocycles. The lowest BCUT2D eigenvalue weighted by atomic mass is 10.0. The topological polar surface area (TPSA) is 101 Å². The van der Waals surface area contributed by atoms with Crippen LogP contribution in [0.15, 0.2) is 85.0 Å². The molecule has 4 heterocycles. The first-order chi connectivity index (χ1) is 26.9. The second-order valence-corrected chi connectivity index (χ2v) is 21.4. The van der Waals surface area contributed by atoms with Crippen molar-refractivity contribution in [1.29, 1.82) is 0 Å². The molecule has 0 amide bonds. The summed E-state index contributed by atoms with van der Waals surface area (Å²) in [7, 11) is -2.49. The number of carbonyl (C=O) groups is 2. The molecule has 8 nitrogen and oxygen atoms in total. The van der Waals surface area contributed by atoms with Gasteiger partial charge in [0.05, 0.1) is 29.8 Å². The van der Waals surface area contributed by atoms with E-state index in [0.717, 1.165) is 82.6 Å². The first-order valence-electron chi connectivity index (χ1n) is 20.4. The van der Waals surface area contributed by atoms with Crippen molar-refractivity contribution in [2.45, 2.75) is 152 Å². The van der Waals surface area contributed by atoms with Crippen LogP contribution in [0, 0.1) is 0 Å². The van der Waals surface area contributed by atoms with E-state index in [1.807, 2.05) is 0 Å². The van der Waals surface area contributed by atoms with Crippen LogP contribution >= 0.6 is 23.2 Å². The van der Waals surface area contributed by atoms with Crippen LogP contribution in [0.5, 0.6) is 0 Å². The Kier molecular flexibility index (Phi) is 19.1. The van der Waals surface area contributed by atoms with Crippen LogP contribution in [0.4, 0.5) is 0 Å². The van der Waals surface area contributed by atoms with Gasteiger partial charge in [-0.1, -0.05) is 94.6 Å². The minimum atomic E-state index is -2.49. The third-order valence-corrected chi connectivity index (χ3v) is 16.2. The minimum absolute atomic E-state index is 0.0113. The summed E-state index contributed by atoms with van der Waals surface area (Å²) in [6, 6.07) is 21.6. The summed E-state index contributed by atoms with van der Waals surface area (Å²) in [6.07, 6.45) is 12.4. The van der Waals surface area contributed by atoms with Gasteiger partial charge in [0.15, 0.2) is 0 Å². The Labute approximate surface area is 346 Å². The molecule has 0 aromatic heterocycles. The zero-order chi connectivity index (χ0) is 40.6. The molecule has 0 radical (unpaired) electrons. The van der Waals surface area contributed by atoms with Gasteiger partial charge in [-0.05, 0) is 104 Å². The smallest absolute Gasteiger partial charge is 0.306 e. The Morgan fingerprint density at radius 1 is 0.696 bits per heavy atom. The molecule has 310 valence electrons. The van der Waals surface area contributed by atoms with Gasteiger partial charge in [-0.2, -0.15) is 0 Å². The Morgan fingerprint density at radius 2 is 1.12 bits per heavy atom. The van der Waals surface area contributed by atoms with Gasteiger partial charge < -0.3 is 28.5 Å². The Bertz CT molecular complexity index is 1480. The van der Waals surface area contributed by atoms with Crippen molar-refractivity contribution < 1.29 is 38.1 Å². The number of cyclic esters (lactones) is 2. The number of hydrogen-bond donors (Lipinski definition) is 1. The summed E-state index contributed by atoms with van der Waals surface area (Å²) >= 11 is 9.53. The molecule has 2 aromatic rings. The van der Waals surface area contributed by atoms with Gasteiger partial charge in [-0.25, -0.2) is 0 Å². The fraction of sp³-hybridized carbons (Fsp3) is 0.600. The maximum Gasteiger partial charge on any atom is 0.306 e. The fourth-order valence-electron chi connectivity index (χ4n) is 8.35. The lowest BCUT2D eigenvalue weighted by Gasteiger charge is -2.43. The normalized spacial score (nSPS) is 25.0. The van der Waals surface area contributed by atoms with E-state index in [4.69, 9.17) is 51.7 Å². The van der Waals surface area contributed by atoms with Gasteiger partial charge in [0.2, 0.25) is 0 Å². The first-order valence-corrected chi connectivity index (χ1v) is 23.4. The maximum absolute atomic E-state index is 11.3. The van der Waals surface area contributed by atoms with Crippen LogP contribution in [0.25, 0.3) is 0 Å². The third kappa shape index (κ3) is 13.5. The monoisotopic (exact) mass is 830 g/mol. The van der Waals surface area contributed by atoms with Crippen LogP contribution in [0.1, 0.15) is 111 Å². The number of aliphatic hydroxyl groups excluding tert-OH is 1. The van der Waals surface area contributed by atoms with Crippen LogP contribution in [-0.2, 0) is 33.0 Å². The van der Waals surface area contributed by atoms with Crippen molar-refractivity contribution in [2.24, 2.45) is 0 Å². The minimum Gasteiger partial charge on any atom is -0.462 e. The molecule has 4 aliphatic rings. The summed E-state index contributed by atoms with van der Waals surface area (Å²) in [5, 5.41) is 11.6. The molecule has 56 heavy (non-hydrogen) atoms. The number of esters is 2. The summed E-state index contributed by atoms with van der Waals surface area (Å²) in [6.45, 7) is 16.2. The predicted octanol–water partition coefficient (Wildman–Crippen LogP) is 8.92. The van der Waals surface area contributed by atoms with E-state index < -0.39 is 8.32 Å². The highest BCUT2D eigenvalue weighted by Gasteiger charge is 2.50. The number of rotatable bonds is 16. The van der Waals surface area contributed by atoms with Crippen molar-refractivity contribution in [2.75, 3.05) is 18.6 Å². The number of ether oxygens (including phenoxy) is 4. The Balaban J connectivity index is 0.000000277. The molecule has 4 saturated heterocycles. The van der Waals surface area contributed by atoms with E-state index in [-0.39, 0.29) is 65.5 Å². The molecule has 11 heteroatoms. The number of carbonyl (C=O) groups excluding carboxylic acids is 2. The van der Waals surface area contributed by atoms with Gasteiger partial charge in [0.1, 0.15) is 12.2 Å². The predicted molar refractivity (Wildman–Crippen MR) is 227 cm³/mol. The van der Waals surface area contributed by atoms with Crippen LogP contribution in [-0.4, -0.2) is 80.5 Å². The van der Waals surface area contributed by atoms with E-state index in [1.54, 1.807) is 0 Å². The number of alkyl halides is 2. The van der Waals surface area contributed by atoms with Gasteiger partial charge >= 0.3 is 11.9 Å². The van der Waals surface area contributed by atoms with E-state index in [0.29, 0.717) is 19.4 Å². The molecule has 2 aromatic carbocycles. The number of benzene rings is 2. The average Bonchev–Trinajstić information content (AvgIpc) is 3.97. The highest BCUT2D eigenvalue weighted by Crippen LogP contribution is 2.38. The third-order valence-electron chi connectivity index (χ3n) is 11.1. The molecule has 1 N–H and O–H groups in total. The molecule has 0 spiro atoms. The zero-order valence-electron chi connectivity index (χ0n) is 33.7. The van der Waals surface area contributed by atoms with Crippen molar-refractivity contribution in [1.82, 2.24) is 0 Å². The van der Waals surface area contributed by atoms with E-state index in [1.165, 1.54) is 15.9 Å². The molecule has 6 atom stereocenters. The maximum atomic E-state index is 11.3. The van der Waals surface area contributed by atoms with Gasteiger partial charge in [0.25, 0.3) is 8.32 Å². The molecule has 4 aliphatic heterocycles. The van der Waals surface area contributed by atoms with Crippen molar-refractivity contribution in [3.8, 4) is 0 Å². The molecular weight excluding hydrogens is 767 g/mol. The first kappa shape index (κ1) is 46.2. The molecule has 6 unspecified atom stereocenters. The molecular formula is C45H64Cl2O8Si. The molecule has 6 rings (SSSR count). The molecule has 4 fully saturated rings. The van der Waals surface area contributed by atoms with Crippen molar-refractivity contribution in [3.63, 3.8) is 0 Å². The highest BCUT2D eigenvalue weighted by molar-refractivity contribution is 6.99. The summed E-state index contributed by atoms with van der Waals surface area (Å²) in [5.41, 5.74) is 2.31. The lowest BCUT2D eigenvalue weighted by Crippen LogP contribution is -2.66. The lowest BCUT2D eigenvalue weighted by molar-refractivity contribution is -0.142. The number of hydrogen-bond acceptors (Lipinski definition) is 8. The van der Waals surface area contributed by atoms with Gasteiger partial charge in [0, 0.05) is 26.1 Å². The van der Waals surface area contributed by atoms with Gasteiger partial charge in [-0.15, -0.1) is 23.2 Å². The summed E-state index contributed by atoms with van der Waals surface area (Å²) < 4.78 is 29.8. The van der Waals surface area contributed by atoms with E-state index >= 15 is 0 Å². The van der Waals surface area contributed by atoms with Gasteiger partial charge in [-0.3, -0.25) is 9.59 Å². The Morgan fingerprint density at radius 3 is 1.50 bits per heavy atom.